The number of nitrogens with one attached hydrogen (secondary N) is 1. The molecule has 0 bridgehead atoms. The summed E-state index contributed by atoms with van der Waals surface area (Å²) in [5.41, 5.74) is 2.16. The molecule has 1 aromatic heterocycles. The van der Waals surface area contributed by atoms with E-state index in [1.165, 1.54) is 12.8 Å². The molecule has 1 atom stereocenters. The summed E-state index contributed by atoms with van der Waals surface area (Å²) in [4.78, 5) is 4.03. The number of ether oxygens (including phenoxy) is 1. The Morgan fingerprint density at radius 3 is 3.19 bits per heavy atom. The number of hydrogen-bond acceptors (Lipinski definition) is 3. The van der Waals surface area contributed by atoms with Gasteiger partial charge in [-0.2, -0.15) is 0 Å². The quantitative estimate of drug-likeness (QED) is 0.825. The lowest BCUT2D eigenvalue weighted by Gasteiger charge is -2.23. The van der Waals surface area contributed by atoms with Crippen LogP contribution in [0.4, 0.5) is 5.69 Å². The van der Waals surface area contributed by atoms with Gasteiger partial charge in [0.25, 0.3) is 0 Å². The van der Waals surface area contributed by atoms with Crippen LogP contribution in [0.3, 0.4) is 0 Å². The highest BCUT2D eigenvalue weighted by atomic mass is 35.5. The number of pyridine rings is 1. The zero-order chi connectivity index (χ0) is 11.4. The first-order chi connectivity index (χ1) is 7.75. The van der Waals surface area contributed by atoms with Crippen molar-refractivity contribution in [2.24, 2.45) is 0 Å². The van der Waals surface area contributed by atoms with Gasteiger partial charge in [-0.3, -0.25) is 0 Å². The van der Waals surface area contributed by atoms with E-state index >= 15 is 0 Å². The molecule has 2 heterocycles. The minimum atomic E-state index is 0.333. The second kappa shape index (κ2) is 5.51. The molecule has 0 unspecified atom stereocenters. The fourth-order valence-corrected chi connectivity index (χ4v) is 2.04. The molecule has 1 N–H and O–H groups in total. The van der Waals surface area contributed by atoms with Crippen molar-refractivity contribution in [3.8, 4) is 0 Å². The zero-order valence-corrected chi connectivity index (χ0v) is 10.3. The van der Waals surface area contributed by atoms with Crippen LogP contribution in [-0.2, 0) is 4.74 Å². The normalized spacial score (nSPS) is 20.8. The first-order valence-corrected chi connectivity index (χ1v) is 6.11. The molecule has 4 heteroatoms. The van der Waals surface area contributed by atoms with Gasteiger partial charge in [0.1, 0.15) is 5.15 Å². The molecule has 0 radical (unpaired) electrons. The van der Waals surface area contributed by atoms with Crippen LogP contribution in [0.1, 0.15) is 24.8 Å². The highest BCUT2D eigenvalue weighted by molar-refractivity contribution is 6.29. The van der Waals surface area contributed by atoms with Crippen LogP contribution >= 0.6 is 11.6 Å². The van der Waals surface area contributed by atoms with Crippen LogP contribution < -0.4 is 5.32 Å². The van der Waals surface area contributed by atoms with Crippen LogP contribution in [0.5, 0.6) is 0 Å². The summed E-state index contributed by atoms with van der Waals surface area (Å²) in [5, 5.41) is 3.90. The Balaban J connectivity index is 1.90. The van der Waals surface area contributed by atoms with Crippen LogP contribution in [0.2, 0.25) is 5.15 Å². The molecule has 3 nitrogen and oxygen atoms in total. The number of anilines is 1. The van der Waals surface area contributed by atoms with Crippen molar-refractivity contribution >= 4 is 17.3 Å². The summed E-state index contributed by atoms with van der Waals surface area (Å²) in [6, 6.07) is 1.86. The van der Waals surface area contributed by atoms with Gasteiger partial charge in [0.05, 0.1) is 6.10 Å². The third-order valence-electron chi connectivity index (χ3n) is 2.86. The van der Waals surface area contributed by atoms with Gasteiger partial charge >= 0.3 is 0 Å². The molecule has 1 aromatic rings. The minimum Gasteiger partial charge on any atom is -0.382 e. The van der Waals surface area contributed by atoms with E-state index in [9.17, 15) is 0 Å². The molecule has 1 aliphatic rings. The summed E-state index contributed by atoms with van der Waals surface area (Å²) < 4.78 is 5.66. The van der Waals surface area contributed by atoms with Gasteiger partial charge in [-0.05, 0) is 37.8 Å². The van der Waals surface area contributed by atoms with Gasteiger partial charge < -0.3 is 10.1 Å². The molecule has 88 valence electrons. The summed E-state index contributed by atoms with van der Waals surface area (Å²) >= 11 is 5.86. The lowest BCUT2D eigenvalue weighted by molar-refractivity contribution is 0.0247. The highest BCUT2D eigenvalue weighted by Gasteiger charge is 2.13. The van der Waals surface area contributed by atoms with Gasteiger partial charge in [0.2, 0.25) is 0 Å². The van der Waals surface area contributed by atoms with E-state index in [2.05, 4.69) is 10.3 Å². The van der Waals surface area contributed by atoms with Gasteiger partial charge in [-0.15, -0.1) is 0 Å². The van der Waals surface area contributed by atoms with Crippen LogP contribution in [-0.4, -0.2) is 24.2 Å². The minimum absolute atomic E-state index is 0.333. The van der Waals surface area contributed by atoms with E-state index in [1.807, 2.05) is 13.0 Å². The van der Waals surface area contributed by atoms with E-state index in [4.69, 9.17) is 16.3 Å². The Labute approximate surface area is 101 Å². The molecule has 16 heavy (non-hydrogen) atoms. The second-order valence-corrected chi connectivity index (χ2v) is 4.58. The average molecular weight is 241 g/mol. The molecular formula is C12H17ClN2O. The fraction of sp³-hybridized carbons (Fsp3) is 0.583. The SMILES string of the molecule is Cc1cnc(Cl)cc1NC[C@@H]1CCCCO1. The van der Waals surface area contributed by atoms with Crippen molar-refractivity contribution in [1.29, 1.82) is 0 Å². The standard InChI is InChI=1S/C12H17ClN2O/c1-9-7-15-12(13)6-11(9)14-8-10-4-2-3-5-16-10/h6-7,10H,2-5,8H2,1H3,(H,14,15)/t10-/m0/s1. The molecule has 0 amide bonds. The number of rotatable bonds is 3. The lowest BCUT2D eigenvalue weighted by Crippen LogP contribution is -2.27. The molecule has 1 fully saturated rings. The van der Waals surface area contributed by atoms with E-state index in [-0.39, 0.29) is 0 Å². The van der Waals surface area contributed by atoms with Gasteiger partial charge in [0, 0.05) is 25.0 Å². The topological polar surface area (TPSA) is 34.2 Å². The van der Waals surface area contributed by atoms with E-state index in [1.54, 1.807) is 6.20 Å². The average Bonchev–Trinajstić information content (AvgIpc) is 2.32. The monoisotopic (exact) mass is 240 g/mol. The molecule has 0 aliphatic carbocycles. The predicted octanol–water partition coefficient (Wildman–Crippen LogP) is 3.02. The van der Waals surface area contributed by atoms with Crippen molar-refractivity contribution in [3.05, 3.63) is 23.0 Å². The molecule has 1 saturated heterocycles. The first kappa shape index (κ1) is 11.7. The highest BCUT2D eigenvalue weighted by Crippen LogP contribution is 2.19. The van der Waals surface area contributed by atoms with Gasteiger partial charge in [0.15, 0.2) is 0 Å². The maximum Gasteiger partial charge on any atom is 0.131 e. The Kier molecular flexibility index (Phi) is 4.02. The maximum atomic E-state index is 5.86. The van der Waals surface area contributed by atoms with Crippen molar-refractivity contribution in [3.63, 3.8) is 0 Å². The Bertz CT molecular complexity index is 351. The number of aryl methyl sites for hydroxylation is 1. The zero-order valence-electron chi connectivity index (χ0n) is 9.50. The van der Waals surface area contributed by atoms with Crippen LogP contribution in [0.25, 0.3) is 0 Å². The molecule has 1 aliphatic heterocycles. The third-order valence-corrected chi connectivity index (χ3v) is 3.07. The number of hydrogen-bond donors (Lipinski definition) is 1. The Morgan fingerprint density at radius 1 is 1.56 bits per heavy atom. The van der Waals surface area contributed by atoms with Gasteiger partial charge in [-0.25, -0.2) is 4.98 Å². The van der Waals surface area contributed by atoms with Crippen molar-refractivity contribution in [2.45, 2.75) is 32.3 Å². The second-order valence-electron chi connectivity index (χ2n) is 4.19. The number of nitrogens with zero attached hydrogens (tertiary/aromatic N) is 1. The van der Waals surface area contributed by atoms with E-state index < -0.39 is 0 Å². The first-order valence-electron chi connectivity index (χ1n) is 5.73. The summed E-state index contributed by atoms with van der Waals surface area (Å²) in [5.74, 6) is 0. The Hall–Kier alpha value is -0.800. The largest absolute Gasteiger partial charge is 0.382 e. The molecular weight excluding hydrogens is 224 g/mol. The van der Waals surface area contributed by atoms with Crippen LogP contribution in [0, 0.1) is 6.92 Å². The van der Waals surface area contributed by atoms with E-state index in [0.29, 0.717) is 11.3 Å². The molecule has 0 saturated carbocycles. The molecule has 0 aromatic carbocycles. The summed E-state index contributed by atoms with van der Waals surface area (Å²) in [6.07, 6.45) is 5.72. The fourth-order valence-electron chi connectivity index (χ4n) is 1.88. The smallest absolute Gasteiger partial charge is 0.131 e. The molecule has 0 spiro atoms. The van der Waals surface area contributed by atoms with Crippen LogP contribution in [0.15, 0.2) is 12.3 Å². The van der Waals surface area contributed by atoms with E-state index in [0.717, 1.165) is 30.8 Å². The van der Waals surface area contributed by atoms with Crippen molar-refractivity contribution < 1.29 is 4.74 Å². The Morgan fingerprint density at radius 2 is 2.44 bits per heavy atom. The predicted molar refractivity (Wildman–Crippen MR) is 66.1 cm³/mol. The number of aromatic nitrogens is 1. The summed E-state index contributed by atoms with van der Waals surface area (Å²) in [7, 11) is 0. The third kappa shape index (κ3) is 3.09. The summed E-state index contributed by atoms with van der Waals surface area (Å²) in [6.45, 7) is 3.76. The number of halogens is 1. The van der Waals surface area contributed by atoms with Crippen molar-refractivity contribution in [1.82, 2.24) is 4.98 Å². The molecule has 2 rings (SSSR count). The maximum absolute atomic E-state index is 5.86. The van der Waals surface area contributed by atoms with Gasteiger partial charge in [-0.1, -0.05) is 11.6 Å². The lowest BCUT2D eigenvalue weighted by atomic mass is 10.1. The van der Waals surface area contributed by atoms with Crippen molar-refractivity contribution in [2.75, 3.05) is 18.5 Å².